The van der Waals surface area contributed by atoms with Crippen LogP contribution in [0, 0.1) is 40.4 Å². The van der Waals surface area contributed by atoms with E-state index in [-0.39, 0.29) is 47.8 Å². The molecule has 4 rings (SSSR count). The van der Waals surface area contributed by atoms with E-state index in [0.717, 1.165) is 12.8 Å². The molecular weight excluding hydrogens is 500 g/mol. The van der Waals surface area contributed by atoms with E-state index < -0.39 is 51.9 Å². The lowest BCUT2D eigenvalue weighted by molar-refractivity contribution is -0.268. The smallest absolute Gasteiger partial charge is 0.393 e. The zero-order chi connectivity index (χ0) is 27.6. The predicted molar refractivity (Wildman–Crippen MR) is 137 cm³/mol. The molecule has 0 aromatic heterocycles. The molecule has 9 nitrogen and oxygen atoms in total. The molecule has 0 saturated heterocycles. The van der Waals surface area contributed by atoms with Crippen molar-refractivity contribution in [1.82, 2.24) is 0 Å². The van der Waals surface area contributed by atoms with Crippen molar-refractivity contribution in [3.8, 4) is 0 Å². The molecule has 4 unspecified atom stereocenters. The van der Waals surface area contributed by atoms with Crippen molar-refractivity contribution >= 4 is 10.4 Å². The molecule has 12 atom stereocenters. The van der Waals surface area contributed by atoms with E-state index >= 15 is 0 Å². The fourth-order valence-electron chi connectivity index (χ4n) is 9.12. The first-order valence-electron chi connectivity index (χ1n) is 13.7. The van der Waals surface area contributed by atoms with Crippen LogP contribution < -0.4 is 0 Å². The molecule has 0 spiro atoms. The number of hydrogen-bond acceptors (Lipinski definition) is 8. The summed E-state index contributed by atoms with van der Waals surface area (Å²) in [7, 11) is -4.63. The van der Waals surface area contributed by atoms with Crippen LogP contribution in [0.3, 0.4) is 0 Å². The summed E-state index contributed by atoms with van der Waals surface area (Å²) in [4.78, 5) is 0. The monoisotopic (exact) mass is 546 g/mol. The van der Waals surface area contributed by atoms with E-state index in [1.165, 1.54) is 6.92 Å². The van der Waals surface area contributed by atoms with Crippen molar-refractivity contribution < 1.29 is 42.7 Å². The van der Waals surface area contributed by atoms with Gasteiger partial charge in [0.15, 0.2) is 0 Å². The van der Waals surface area contributed by atoms with E-state index in [1.807, 2.05) is 6.08 Å². The van der Waals surface area contributed by atoms with E-state index in [0.29, 0.717) is 25.7 Å². The van der Waals surface area contributed by atoms with Gasteiger partial charge in [0.1, 0.15) is 0 Å². The normalized spacial score (nSPS) is 48.6. The van der Waals surface area contributed by atoms with Crippen molar-refractivity contribution in [3.63, 3.8) is 0 Å². The van der Waals surface area contributed by atoms with Crippen LogP contribution in [0.4, 0.5) is 0 Å². The molecule has 0 aromatic rings. The Kier molecular flexibility index (Phi) is 7.79. The minimum atomic E-state index is -4.63. The molecule has 0 amide bonds. The van der Waals surface area contributed by atoms with Crippen LogP contribution in [-0.4, -0.2) is 74.6 Å². The number of aliphatic hydroxyl groups excluding tert-OH is 3. The third-order valence-electron chi connectivity index (χ3n) is 11.0. The molecule has 0 aliphatic heterocycles. The molecule has 4 saturated carbocycles. The largest absolute Gasteiger partial charge is 0.397 e. The van der Waals surface area contributed by atoms with E-state index in [1.54, 1.807) is 6.08 Å². The topological polar surface area (TPSA) is 165 Å². The fourth-order valence-corrected chi connectivity index (χ4v) is 9.52. The lowest BCUT2D eigenvalue weighted by atomic mass is 9.42. The molecule has 0 aromatic carbocycles. The molecule has 0 heterocycles. The van der Waals surface area contributed by atoms with Crippen LogP contribution in [0.5, 0.6) is 0 Å². The van der Waals surface area contributed by atoms with Gasteiger partial charge in [-0.25, -0.2) is 4.18 Å². The van der Waals surface area contributed by atoms with Gasteiger partial charge < -0.3 is 25.5 Å². The molecule has 37 heavy (non-hydrogen) atoms. The van der Waals surface area contributed by atoms with Crippen LogP contribution in [0.1, 0.15) is 79.1 Å². The van der Waals surface area contributed by atoms with Gasteiger partial charge in [0, 0.05) is 11.8 Å². The van der Waals surface area contributed by atoms with E-state index in [9.17, 15) is 34.0 Å². The number of aliphatic hydroxyl groups is 5. The van der Waals surface area contributed by atoms with Gasteiger partial charge in [-0.15, -0.1) is 0 Å². The average molecular weight is 547 g/mol. The molecule has 0 radical (unpaired) electrons. The molecule has 4 fully saturated rings. The van der Waals surface area contributed by atoms with Crippen LogP contribution in [0.2, 0.25) is 0 Å². The lowest BCUT2D eigenvalue weighted by Gasteiger charge is -2.65. The first-order valence-corrected chi connectivity index (χ1v) is 15.1. The molecule has 6 N–H and O–H groups in total. The van der Waals surface area contributed by atoms with Crippen molar-refractivity contribution in [2.24, 2.45) is 40.4 Å². The number of rotatable bonds is 7. The zero-order valence-electron chi connectivity index (χ0n) is 22.5. The molecule has 214 valence electrons. The van der Waals surface area contributed by atoms with Gasteiger partial charge in [0.25, 0.3) is 0 Å². The van der Waals surface area contributed by atoms with Crippen molar-refractivity contribution in [2.45, 2.75) is 109 Å². The van der Waals surface area contributed by atoms with Crippen molar-refractivity contribution in [2.75, 3.05) is 6.61 Å². The summed E-state index contributed by atoms with van der Waals surface area (Å²) in [6, 6.07) is 0. The predicted octanol–water partition coefficient (Wildman–Crippen LogP) is 2.22. The molecule has 4 aliphatic rings. The maximum atomic E-state index is 11.6. The average Bonchev–Trinajstić information content (AvgIpc) is 3.05. The van der Waals surface area contributed by atoms with Crippen LogP contribution in [0.25, 0.3) is 0 Å². The highest BCUT2D eigenvalue weighted by molar-refractivity contribution is 7.80. The summed E-state index contributed by atoms with van der Waals surface area (Å²) in [5, 5.41) is 54.9. The fraction of sp³-hybridized carbons (Fsp3) is 0.926. The second kappa shape index (κ2) is 9.80. The Labute approximate surface area is 220 Å². The highest BCUT2D eigenvalue weighted by Gasteiger charge is 2.68. The highest BCUT2D eigenvalue weighted by Crippen LogP contribution is 2.69. The van der Waals surface area contributed by atoms with Gasteiger partial charge in [-0.2, -0.15) is 8.42 Å². The summed E-state index contributed by atoms with van der Waals surface area (Å²) in [6.45, 7) is 7.29. The Morgan fingerprint density at radius 3 is 2.46 bits per heavy atom. The highest BCUT2D eigenvalue weighted by atomic mass is 32.3. The Bertz CT molecular complexity index is 982. The number of fused-ring (bicyclic) bond motifs is 5. The van der Waals surface area contributed by atoms with E-state index in [4.69, 9.17) is 4.55 Å². The Morgan fingerprint density at radius 1 is 1.14 bits per heavy atom. The van der Waals surface area contributed by atoms with Gasteiger partial charge in [-0.05, 0) is 86.9 Å². The maximum absolute atomic E-state index is 11.6. The van der Waals surface area contributed by atoms with Crippen molar-refractivity contribution in [3.05, 3.63) is 12.2 Å². The van der Waals surface area contributed by atoms with Gasteiger partial charge in [0.05, 0.1) is 36.1 Å². The molecular formula is C27H46O9S. The van der Waals surface area contributed by atoms with Crippen LogP contribution in [0.15, 0.2) is 12.2 Å². The summed E-state index contributed by atoms with van der Waals surface area (Å²) >= 11 is 0. The second-order valence-electron chi connectivity index (χ2n) is 13.4. The third kappa shape index (κ3) is 5.17. The van der Waals surface area contributed by atoms with Crippen LogP contribution >= 0.6 is 0 Å². The Morgan fingerprint density at radius 2 is 1.81 bits per heavy atom. The van der Waals surface area contributed by atoms with Gasteiger partial charge in [-0.1, -0.05) is 32.9 Å². The summed E-state index contributed by atoms with van der Waals surface area (Å²) in [5.41, 5.74) is -3.44. The Balaban J connectivity index is 1.50. The Hall–Kier alpha value is -0.590. The number of hydrogen-bond donors (Lipinski definition) is 6. The molecule has 0 bridgehead atoms. The first-order chi connectivity index (χ1) is 16.9. The van der Waals surface area contributed by atoms with E-state index in [2.05, 4.69) is 25.0 Å². The number of allylic oxidation sites excluding steroid dienone is 1. The first kappa shape index (κ1) is 29.4. The molecule has 4 aliphatic carbocycles. The maximum Gasteiger partial charge on any atom is 0.397 e. The quantitative estimate of drug-likeness (QED) is 0.207. The minimum Gasteiger partial charge on any atom is -0.393 e. The van der Waals surface area contributed by atoms with Crippen molar-refractivity contribution in [1.29, 1.82) is 0 Å². The third-order valence-corrected chi connectivity index (χ3v) is 11.5. The summed E-state index contributed by atoms with van der Waals surface area (Å²) in [5.74, 6) is 0.529. The molecule has 10 heteroatoms. The SMILES string of the molecule is C[C@H](/C=C/C[C@](C)(O)COS(=O)(=O)O)[C@H]1CC(O)C2C3C[C@@H](O)[C@@]4(O)C[C@@H](O)CC[C@]4(C)C3CC[C@@]21C. The minimum absolute atomic E-state index is 0.00115. The zero-order valence-corrected chi connectivity index (χ0v) is 23.3. The van der Waals surface area contributed by atoms with Crippen LogP contribution in [-0.2, 0) is 14.6 Å². The lowest BCUT2D eigenvalue weighted by Crippen LogP contribution is -2.69. The van der Waals surface area contributed by atoms with Gasteiger partial charge in [-0.3, -0.25) is 4.55 Å². The van der Waals surface area contributed by atoms with Gasteiger partial charge >= 0.3 is 10.4 Å². The second-order valence-corrected chi connectivity index (χ2v) is 14.5. The standard InChI is InChI=1S/C27H46O9S/c1-16(6-5-9-24(2,31)15-36-37(33,34)35)20-13-21(29)23-18-12-22(30)27(32)14-17(28)7-11-26(27,4)19(18)8-10-25(20,23)3/h5-6,16-23,28-32H,7-15H2,1-4H3,(H,33,34,35)/b6-5+/t16-,17+,18?,19?,20-,21?,22-,23?,24+,25-,26-,27+/m1/s1. The summed E-state index contributed by atoms with van der Waals surface area (Å²) in [6.07, 6.45) is 6.22. The van der Waals surface area contributed by atoms with Gasteiger partial charge in [0.2, 0.25) is 0 Å². The summed E-state index contributed by atoms with van der Waals surface area (Å²) < 4.78 is 34.7.